The van der Waals surface area contributed by atoms with Gasteiger partial charge in [0.1, 0.15) is 0 Å². The summed E-state index contributed by atoms with van der Waals surface area (Å²) in [6.07, 6.45) is 4.06. The lowest BCUT2D eigenvalue weighted by Gasteiger charge is -2.14. The lowest BCUT2D eigenvalue weighted by molar-refractivity contribution is -0.143. The molecule has 0 amide bonds. The van der Waals surface area contributed by atoms with Gasteiger partial charge in [0.25, 0.3) is 0 Å². The number of hydrogen-bond acceptors (Lipinski definition) is 3. The van der Waals surface area contributed by atoms with Gasteiger partial charge in [-0.25, -0.2) is 9.59 Å². The van der Waals surface area contributed by atoms with Gasteiger partial charge in [-0.2, -0.15) is 0 Å². The minimum absolute atomic E-state index is 0.223. The van der Waals surface area contributed by atoms with Crippen LogP contribution in [-0.4, -0.2) is 23.1 Å². The Labute approximate surface area is 115 Å². The molecule has 0 aliphatic rings. The predicted molar refractivity (Wildman–Crippen MR) is 74.9 cm³/mol. The number of carboxylic acids is 1. The molecule has 0 saturated carbocycles. The minimum atomic E-state index is -1.000. The predicted octanol–water partition coefficient (Wildman–Crippen LogP) is 3.70. The topological polar surface area (TPSA) is 63.6 Å². The monoisotopic (exact) mass is 270 g/mol. The molecule has 0 radical (unpaired) electrons. The summed E-state index contributed by atoms with van der Waals surface area (Å²) >= 11 is 0. The van der Waals surface area contributed by atoms with Crippen molar-refractivity contribution in [2.45, 2.75) is 72.3 Å². The Morgan fingerprint density at radius 2 is 1.47 bits per heavy atom. The summed E-state index contributed by atoms with van der Waals surface area (Å²) in [4.78, 5) is 23.4. The van der Waals surface area contributed by atoms with Crippen LogP contribution in [0.5, 0.6) is 0 Å². The molecule has 0 aliphatic carbocycles. The first kappa shape index (κ1) is 17.7. The molecule has 4 nitrogen and oxygen atoms in total. The molecule has 0 heterocycles. The molecule has 0 fully saturated rings. The first-order valence-electron chi connectivity index (χ1n) is 7.10. The number of ether oxygens (including phenoxy) is 1. The van der Waals surface area contributed by atoms with Gasteiger partial charge >= 0.3 is 11.9 Å². The maximum atomic E-state index is 12.0. The van der Waals surface area contributed by atoms with Gasteiger partial charge in [0, 0.05) is 11.1 Å². The number of unbranched alkanes of at least 4 members (excludes halogenated alkanes) is 2. The second-order valence-electron chi connectivity index (χ2n) is 4.92. The van der Waals surface area contributed by atoms with Gasteiger partial charge in [-0.15, -0.1) is 0 Å². The molecule has 1 N–H and O–H groups in total. The molecule has 0 spiro atoms. The van der Waals surface area contributed by atoms with Crippen molar-refractivity contribution in [1.29, 1.82) is 0 Å². The Kier molecular flexibility index (Phi) is 8.92. The SMILES string of the molecule is CCCC/C(C(=O)O)=C(\CCCC)C(=O)OC(C)C. The largest absolute Gasteiger partial charge is 0.478 e. The Bertz CT molecular complexity index is 329. The lowest BCUT2D eigenvalue weighted by Crippen LogP contribution is -2.18. The third-order valence-corrected chi connectivity index (χ3v) is 2.77. The van der Waals surface area contributed by atoms with E-state index < -0.39 is 11.9 Å². The molecule has 0 rings (SSSR count). The van der Waals surface area contributed by atoms with Gasteiger partial charge in [-0.05, 0) is 39.5 Å². The molecule has 110 valence electrons. The molecule has 0 atom stereocenters. The zero-order chi connectivity index (χ0) is 14.8. The maximum absolute atomic E-state index is 12.0. The van der Waals surface area contributed by atoms with Crippen LogP contribution in [0.4, 0.5) is 0 Å². The van der Waals surface area contributed by atoms with Gasteiger partial charge in [0.15, 0.2) is 0 Å². The molecule has 0 saturated heterocycles. The zero-order valence-corrected chi connectivity index (χ0v) is 12.5. The van der Waals surface area contributed by atoms with Gasteiger partial charge in [-0.3, -0.25) is 0 Å². The number of carbonyl (C=O) groups excluding carboxylic acids is 1. The average molecular weight is 270 g/mol. The number of carboxylic acid groups (broad SMARTS) is 1. The van der Waals surface area contributed by atoms with E-state index in [2.05, 4.69) is 0 Å². The van der Waals surface area contributed by atoms with E-state index in [-0.39, 0.29) is 11.7 Å². The standard InChI is InChI=1S/C15H26O4/c1-5-7-9-12(14(16)17)13(10-8-6-2)15(18)19-11(3)4/h11H,5-10H2,1-4H3,(H,16,17)/b13-12-. The van der Waals surface area contributed by atoms with Gasteiger partial charge in [0.05, 0.1) is 6.10 Å². The Hall–Kier alpha value is -1.32. The molecule has 0 aliphatic heterocycles. The summed E-state index contributed by atoms with van der Waals surface area (Å²) in [5, 5.41) is 9.29. The highest BCUT2D eigenvalue weighted by atomic mass is 16.5. The summed E-state index contributed by atoms with van der Waals surface area (Å²) in [6.45, 7) is 7.54. The number of esters is 1. The van der Waals surface area contributed by atoms with E-state index in [1.807, 2.05) is 13.8 Å². The van der Waals surface area contributed by atoms with E-state index in [1.54, 1.807) is 13.8 Å². The summed E-state index contributed by atoms with van der Waals surface area (Å²) in [6, 6.07) is 0. The number of rotatable bonds is 9. The molecule has 0 aromatic carbocycles. The third-order valence-electron chi connectivity index (χ3n) is 2.77. The van der Waals surface area contributed by atoms with Crippen molar-refractivity contribution in [2.24, 2.45) is 0 Å². The molecule has 0 unspecified atom stereocenters. The summed E-state index contributed by atoms with van der Waals surface area (Å²) in [5.74, 6) is -1.47. The third kappa shape index (κ3) is 6.99. The van der Waals surface area contributed by atoms with Crippen LogP contribution in [0.15, 0.2) is 11.1 Å². The van der Waals surface area contributed by atoms with Crippen LogP contribution in [0.25, 0.3) is 0 Å². The first-order chi connectivity index (χ1) is 8.93. The molecular formula is C15H26O4. The van der Waals surface area contributed by atoms with Crippen molar-refractivity contribution >= 4 is 11.9 Å². The highest BCUT2D eigenvalue weighted by molar-refractivity contribution is 5.99. The van der Waals surface area contributed by atoms with E-state index in [0.717, 1.165) is 25.7 Å². The second kappa shape index (κ2) is 9.59. The maximum Gasteiger partial charge on any atom is 0.334 e. The van der Waals surface area contributed by atoms with E-state index in [9.17, 15) is 14.7 Å². The van der Waals surface area contributed by atoms with E-state index in [4.69, 9.17) is 4.74 Å². The summed E-state index contributed by atoms with van der Waals surface area (Å²) < 4.78 is 5.16. The molecule has 19 heavy (non-hydrogen) atoms. The van der Waals surface area contributed by atoms with E-state index in [0.29, 0.717) is 18.4 Å². The van der Waals surface area contributed by atoms with Crippen molar-refractivity contribution in [3.05, 3.63) is 11.1 Å². The lowest BCUT2D eigenvalue weighted by atomic mass is 9.98. The smallest absolute Gasteiger partial charge is 0.334 e. The van der Waals surface area contributed by atoms with Crippen LogP contribution in [0.1, 0.15) is 66.2 Å². The molecule has 0 aromatic rings. The summed E-state index contributed by atoms with van der Waals surface area (Å²) in [5.41, 5.74) is 0.567. The van der Waals surface area contributed by atoms with Crippen molar-refractivity contribution in [1.82, 2.24) is 0 Å². The van der Waals surface area contributed by atoms with Crippen molar-refractivity contribution in [3.8, 4) is 0 Å². The van der Waals surface area contributed by atoms with Crippen LogP contribution in [-0.2, 0) is 14.3 Å². The Morgan fingerprint density at radius 3 is 1.84 bits per heavy atom. The van der Waals surface area contributed by atoms with Crippen LogP contribution in [0.2, 0.25) is 0 Å². The van der Waals surface area contributed by atoms with Crippen LogP contribution in [0, 0.1) is 0 Å². The first-order valence-corrected chi connectivity index (χ1v) is 7.10. The zero-order valence-electron chi connectivity index (χ0n) is 12.5. The summed E-state index contributed by atoms with van der Waals surface area (Å²) in [7, 11) is 0. The fourth-order valence-corrected chi connectivity index (χ4v) is 1.76. The Balaban J connectivity index is 5.20. The fraction of sp³-hybridized carbons (Fsp3) is 0.733. The quantitative estimate of drug-likeness (QED) is 0.512. The fourth-order valence-electron chi connectivity index (χ4n) is 1.76. The highest BCUT2D eigenvalue weighted by Crippen LogP contribution is 2.20. The van der Waals surface area contributed by atoms with Gasteiger partial charge < -0.3 is 9.84 Å². The van der Waals surface area contributed by atoms with Gasteiger partial charge in [0.2, 0.25) is 0 Å². The van der Waals surface area contributed by atoms with Crippen LogP contribution >= 0.6 is 0 Å². The van der Waals surface area contributed by atoms with Crippen LogP contribution < -0.4 is 0 Å². The van der Waals surface area contributed by atoms with Gasteiger partial charge in [-0.1, -0.05) is 26.7 Å². The molecule has 4 heteroatoms. The molecular weight excluding hydrogens is 244 g/mol. The van der Waals surface area contributed by atoms with Crippen LogP contribution in [0.3, 0.4) is 0 Å². The van der Waals surface area contributed by atoms with E-state index >= 15 is 0 Å². The average Bonchev–Trinajstić information content (AvgIpc) is 2.31. The van der Waals surface area contributed by atoms with E-state index in [1.165, 1.54) is 0 Å². The second-order valence-corrected chi connectivity index (χ2v) is 4.92. The number of carbonyl (C=O) groups is 2. The Morgan fingerprint density at radius 1 is 1.00 bits per heavy atom. The normalized spacial score (nSPS) is 12.3. The molecule has 0 bridgehead atoms. The van der Waals surface area contributed by atoms with Crippen molar-refractivity contribution in [3.63, 3.8) is 0 Å². The van der Waals surface area contributed by atoms with Crippen molar-refractivity contribution in [2.75, 3.05) is 0 Å². The van der Waals surface area contributed by atoms with Crippen molar-refractivity contribution < 1.29 is 19.4 Å². The number of aliphatic carboxylic acids is 1. The number of hydrogen-bond donors (Lipinski definition) is 1. The minimum Gasteiger partial charge on any atom is -0.478 e. The molecule has 0 aromatic heterocycles. The highest BCUT2D eigenvalue weighted by Gasteiger charge is 2.21.